The van der Waals surface area contributed by atoms with Crippen molar-refractivity contribution in [3.05, 3.63) is 95.6 Å². The first-order valence-electron chi connectivity index (χ1n) is 15.1. The first-order valence-corrected chi connectivity index (χ1v) is 15.1. The van der Waals surface area contributed by atoms with E-state index < -0.39 is 23.3 Å². The zero-order valence-electron chi connectivity index (χ0n) is 24.2. The molecule has 1 atom stereocenters. The molecule has 2 aliphatic rings. The number of hydrogen-bond donors (Lipinski definition) is 0. The quantitative estimate of drug-likeness (QED) is 0.141. The van der Waals surface area contributed by atoms with Gasteiger partial charge in [-0.15, -0.1) is 0 Å². The molecule has 0 bridgehead atoms. The van der Waals surface area contributed by atoms with E-state index in [1.807, 2.05) is 0 Å². The molecular weight excluding hydrogens is 535 g/mol. The normalized spacial score (nSPS) is 21.0. The summed E-state index contributed by atoms with van der Waals surface area (Å²) < 4.78 is 64.5. The van der Waals surface area contributed by atoms with Gasteiger partial charge in [0.25, 0.3) is 0 Å². The van der Waals surface area contributed by atoms with Crippen molar-refractivity contribution >= 4 is 13.4 Å². The largest absolute Gasteiger partial charge is 0.500 e. The van der Waals surface area contributed by atoms with Crippen LogP contribution in [0.2, 0.25) is 0 Å². The molecule has 6 heteroatoms. The van der Waals surface area contributed by atoms with Gasteiger partial charge in [-0.05, 0) is 98.5 Å². The summed E-state index contributed by atoms with van der Waals surface area (Å²) in [4.78, 5) is 0. The highest BCUT2D eigenvalue weighted by molar-refractivity contribution is 6.08. The monoisotopic (exact) mass is 572 g/mol. The van der Waals surface area contributed by atoms with Gasteiger partial charge < -0.3 is 4.74 Å². The maximum atomic E-state index is 15.4. The van der Waals surface area contributed by atoms with E-state index in [1.165, 1.54) is 50.7 Å². The van der Waals surface area contributed by atoms with Crippen LogP contribution in [0.3, 0.4) is 0 Å². The highest BCUT2D eigenvalue weighted by Crippen LogP contribution is 2.43. The predicted octanol–water partition coefficient (Wildman–Crippen LogP) is 10.4. The third-order valence-corrected chi connectivity index (χ3v) is 9.21. The molecular formula is C36H37BF4O. The van der Waals surface area contributed by atoms with Gasteiger partial charge in [-0.2, -0.15) is 4.39 Å². The van der Waals surface area contributed by atoms with Crippen LogP contribution in [0.1, 0.15) is 70.3 Å². The number of rotatable bonds is 9. The summed E-state index contributed by atoms with van der Waals surface area (Å²) in [5, 5.41) is 0. The summed E-state index contributed by atoms with van der Waals surface area (Å²) in [6, 6.07) is 12.2. The number of benzene rings is 3. The van der Waals surface area contributed by atoms with E-state index in [1.54, 1.807) is 36.4 Å². The zero-order valence-corrected chi connectivity index (χ0v) is 24.2. The van der Waals surface area contributed by atoms with Crippen molar-refractivity contribution in [2.75, 3.05) is 6.51 Å². The molecule has 3 aromatic carbocycles. The molecule has 0 N–H and O–H groups in total. The van der Waals surface area contributed by atoms with Crippen LogP contribution in [0.5, 0.6) is 5.75 Å². The lowest BCUT2D eigenvalue weighted by Crippen LogP contribution is -2.23. The maximum absolute atomic E-state index is 15.4. The molecule has 0 aliphatic heterocycles. The van der Waals surface area contributed by atoms with E-state index in [4.69, 9.17) is 12.6 Å². The second-order valence-electron chi connectivity index (χ2n) is 11.6. The van der Waals surface area contributed by atoms with Crippen LogP contribution in [0, 0.1) is 41.0 Å². The maximum Gasteiger partial charge on any atom is 0.201 e. The van der Waals surface area contributed by atoms with Gasteiger partial charge in [0.15, 0.2) is 23.2 Å². The standard InChI is InChI=1S/C36H37BF4O/c1-2-3-4-5-23-6-8-24(9-7-23)25-10-12-26(13-11-25)29-18-19-30(34(39)33(29)38)27-14-16-28(17-15-27)31-20-21-32(42-22-37)36(41)35(31)40/h2-3,12,14-21,23-25H,4-11,13,22H2,1H3/b3-2+. The fraction of sp³-hybridized carbons (Fsp3) is 0.389. The Morgan fingerprint density at radius 2 is 1.33 bits per heavy atom. The van der Waals surface area contributed by atoms with Crippen LogP contribution in [0.15, 0.2) is 66.8 Å². The van der Waals surface area contributed by atoms with Gasteiger partial charge in [0.2, 0.25) is 5.82 Å². The van der Waals surface area contributed by atoms with Crippen LogP contribution < -0.4 is 4.74 Å². The molecule has 1 saturated carbocycles. The third kappa shape index (κ3) is 6.53. The van der Waals surface area contributed by atoms with E-state index in [9.17, 15) is 8.78 Å². The molecule has 1 unspecified atom stereocenters. The zero-order chi connectivity index (χ0) is 29.6. The smallest absolute Gasteiger partial charge is 0.201 e. The van der Waals surface area contributed by atoms with E-state index in [2.05, 4.69) is 25.2 Å². The lowest BCUT2D eigenvalue weighted by Gasteiger charge is -2.35. The molecule has 42 heavy (non-hydrogen) atoms. The summed E-state index contributed by atoms with van der Waals surface area (Å²) in [5.74, 6) is -2.01. The second-order valence-corrected chi connectivity index (χ2v) is 11.6. The summed E-state index contributed by atoms with van der Waals surface area (Å²) in [5.41, 5.74) is 2.22. The van der Waals surface area contributed by atoms with E-state index in [-0.39, 0.29) is 23.4 Å². The molecule has 5 rings (SSSR count). The second kappa shape index (κ2) is 13.8. The number of halogens is 4. The van der Waals surface area contributed by atoms with E-state index >= 15 is 8.78 Å². The van der Waals surface area contributed by atoms with Crippen molar-refractivity contribution in [1.29, 1.82) is 0 Å². The number of hydrogen-bond acceptors (Lipinski definition) is 1. The van der Waals surface area contributed by atoms with Gasteiger partial charge in [0, 0.05) is 23.2 Å². The lowest BCUT2D eigenvalue weighted by atomic mass is 9.70. The minimum atomic E-state index is -1.13. The van der Waals surface area contributed by atoms with Gasteiger partial charge in [0.1, 0.15) is 7.85 Å². The minimum absolute atomic E-state index is 0.0328. The fourth-order valence-corrected chi connectivity index (χ4v) is 6.78. The van der Waals surface area contributed by atoms with Crippen LogP contribution in [0.4, 0.5) is 17.6 Å². The first kappa shape index (κ1) is 30.2. The molecule has 218 valence electrons. The Hall–Kier alpha value is -3.28. The average molecular weight is 572 g/mol. The summed E-state index contributed by atoms with van der Waals surface area (Å²) in [6.07, 6.45) is 16.8. The highest BCUT2D eigenvalue weighted by atomic mass is 19.2. The summed E-state index contributed by atoms with van der Waals surface area (Å²) in [7, 11) is 5.25. The molecule has 3 aromatic rings. The van der Waals surface area contributed by atoms with Crippen LogP contribution >= 0.6 is 0 Å². The molecule has 0 spiro atoms. The molecule has 2 radical (unpaired) electrons. The predicted molar refractivity (Wildman–Crippen MR) is 163 cm³/mol. The van der Waals surface area contributed by atoms with Crippen molar-refractivity contribution in [3.63, 3.8) is 0 Å². The fourth-order valence-electron chi connectivity index (χ4n) is 6.78. The third-order valence-electron chi connectivity index (χ3n) is 9.21. The minimum Gasteiger partial charge on any atom is -0.500 e. The van der Waals surface area contributed by atoms with Crippen LogP contribution in [-0.4, -0.2) is 14.4 Å². The Labute approximate surface area is 248 Å². The van der Waals surface area contributed by atoms with Crippen molar-refractivity contribution in [1.82, 2.24) is 0 Å². The Morgan fingerprint density at radius 1 is 0.738 bits per heavy atom. The number of allylic oxidation sites excluding steroid dienone is 4. The Balaban J connectivity index is 1.25. The first-order chi connectivity index (χ1) is 20.4. The Bertz CT molecular complexity index is 1440. The lowest BCUT2D eigenvalue weighted by molar-refractivity contribution is 0.190. The highest BCUT2D eigenvalue weighted by Gasteiger charge is 2.29. The molecule has 0 amide bonds. The average Bonchev–Trinajstić information content (AvgIpc) is 3.02. The molecule has 1 fully saturated rings. The van der Waals surface area contributed by atoms with Crippen LogP contribution in [0.25, 0.3) is 27.8 Å². The van der Waals surface area contributed by atoms with Gasteiger partial charge in [0.05, 0.1) is 0 Å². The van der Waals surface area contributed by atoms with E-state index in [0.717, 1.165) is 36.7 Å². The van der Waals surface area contributed by atoms with Gasteiger partial charge >= 0.3 is 0 Å². The molecule has 0 heterocycles. The SMILES string of the molecule is [B]COc1ccc(-c2ccc(-c3ccc(C4=CCC(C5CCC(CC/C=C/C)CC5)CC4)c(F)c3F)cc2)c(F)c1F. The topological polar surface area (TPSA) is 9.23 Å². The molecule has 0 aromatic heterocycles. The molecule has 1 nitrogen and oxygen atoms in total. The Morgan fingerprint density at radius 3 is 1.93 bits per heavy atom. The van der Waals surface area contributed by atoms with Crippen LogP contribution in [-0.2, 0) is 0 Å². The van der Waals surface area contributed by atoms with Gasteiger partial charge in [-0.25, -0.2) is 13.2 Å². The van der Waals surface area contributed by atoms with Gasteiger partial charge in [-0.1, -0.05) is 67.5 Å². The van der Waals surface area contributed by atoms with Crippen molar-refractivity contribution in [2.24, 2.45) is 17.8 Å². The molecule has 0 saturated heterocycles. The van der Waals surface area contributed by atoms with E-state index in [0.29, 0.717) is 22.6 Å². The summed E-state index contributed by atoms with van der Waals surface area (Å²) in [6.45, 7) is 1.80. The van der Waals surface area contributed by atoms with Crippen molar-refractivity contribution in [3.8, 4) is 28.0 Å². The number of ether oxygens (including phenoxy) is 1. The van der Waals surface area contributed by atoms with Crippen molar-refractivity contribution in [2.45, 2.75) is 64.7 Å². The van der Waals surface area contributed by atoms with Gasteiger partial charge in [-0.3, -0.25) is 0 Å². The van der Waals surface area contributed by atoms with Crippen molar-refractivity contribution < 1.29 is 22.3 Å². The molecule has 2 aliphatic carbocycles. The summed E-state index contributed by atoms with van der Waals surface area (Å²) >= 11 is 0. The Kier molecular flexibility index (Phi) is 9.92.